The number of benzene rings is 1. The number of halogens is 4. The van der Waals surface area contributed by atoms with Gasteiger partial charge in [-0.05, 0) is 30.8 Å². The molecule has 0 spiro atoms. The van der Waals surface area contributed by atoms with Crippen LogP contribution < -0.4 is 5.32 Å². The molecule has 6 heteroatoms. The van der Waals surface area contributed by atoms with Crippen molar-refractivity contribution in [1.82, 2.24) is 5.32 Å². The van der Waals surface area contributed by atoms with Gasteiger partial charge in [0.05, 0.1) is 14.7 Å². The molecule has 96 valence electrons. The monoisotopic (exact) mass is 339 g/mol. The zero-order valence-corrected chi connectivity index (χ0v) is 13.1. The average Bonchev–Trinajstić information content (AvgIpc) is 2.62. The lowest BCUT2D eigenvalue weighted by molar-refractivity contribution is 0.695. The zero-order valence-electron chi connectivity index (χ0n) is 9.31. The molecule has 0 bridgehead atoms. The summed E-state index contributed by atoms with van der Waals surface area (Å²) in [6.45, 7) is 0. The maximum Gasteiger partial charge on any atom is 0.0995 e. The molecule has 0 fully saturated rings. The molecule has 1 heterocycles. The second-order valence-corrected chi connectivity index (χ2v) is 6.80. The summed E-state index contributed by atoms with van der Waals surface area (Å²) in [5, 5.41) is 4.39. The highest BCUT2D eigenvalue weighted by Crippen LogP contribution is 2.39. The lowest BCUT2D eigenvalue weighted by Gasteiger charge is -2.17. The molecular formula is C12H9Cl4NS. The van der Waals surface area contributed by atoms with Gasteiger partial charge >= 0.3 is 0 Å². The van der Waals surface area contributed by atoms with Crippen molar-refractivity contribution in [2.45, 2.75) is 6.04 Å². The largest absolute Gasteiger partial charge is 0.309 e. The fourth-order valence-corrected chi connectivity index (χ4v) is 3.81. The van der Waals surface area contributed by atoms with E-state index < -0.39 is 0 Å². The van der Waals surface area contributed by atoms with Gasteiger partial charge in [-0.3, -0.25) is 0 Å². The highest BCUT2D eigenvalue weighted by molar-refractivity contribution is 7.20. The lowest BCUT2D eigenvalue weighted by Crippen LogP contribution is -2.17. The Balaban J connectivity index is 2.48. The third kappa shape index (κ3) is 2.96. The van der Waals surface area contributed by atoms with Gasteiger partial charge in [-0.1, -0.05) is 52.5 Å². The van der Waals surface area contributed by atoms with E-state index in [1.54, 1.807) is 12.1 Å². The number of thiophene rings is 1. The van der Waals surface area contributed by atoms with Crippen LogP contribution in [0.3, 0.4) is 0 Å². The lowest BCUT2D eigenvalue weighted by atomic mass is 10.0. The molecule has 0 saturated carbocycles. The van der Waals surface area contributed by atoms with Gasteiger partial charge in [0.1, 0.15) is 0 Å². The molecule has 2 rings (SSSR count). The fraction of sp³-hybridized carbons (Fsp3) is 0.167. The van der Waals surface area contributed by atoms with E-state index in [1.807, 2.05) is 19.2 Å². The van der Waals surface area contributed by atoms with Crippen LogP contribution in [0.4, 0.5) is 0 Å². The van der Waals surface area contributed by atoms with E-state index >= 15 is 0 Å². The Kier molecular flexibility index (Phi) is 4.81. The first kappa shape index (κ1) is 14.4. The Morgan fingerprint density at radius 1 is 1.06 bits per heavy atom. The Hall–Kier alpha value is 0.0400. The van der Waals surface area contributed by atoms with Crippen molar-refractivity contribution < 1.29 is 0 Å². The van der Waals surface area contributed by atoms with Crippen LogP contribution in [0, 0.1) is 0 Å². The summed E-state index contributed by atoms with van der Waals surface area (Å²) >= 11 is 25.6. The van der Waals surface area contributed by atoms with Crippen LogP contribution in [0.2, 0.25) is 18.7 Å². The van der Waals surface area contributed by atoms with Crippen LogP contribution in [-0.4, -0.2) is 7.05 Å². The molecule has 0 radical (unpaired) electrons. The maximum atomic E-state index is 6.21. The van der Waals surface area contributed by atoms with Crippen molar-refractivity contribution in [3.63, 3.8) is 0 Å². The van der Waals surface area contributed by atoms with E-state index in [4.69, 9.17) is 46.4 Å². The molecule has 0 aliphatic rings. The number of rotatable bonds is 3. The first-order chi connectivity index (χ1) is 8.52. The molecular weight excluding hydrogens is 332 g/mol. The van der Waals surface area contributed by atoms with E-state index in [0.717, 1.165) is 11.1 Å². The molecule has 0 aliphatic heterocycles. The highest BCUT2D eigenvalue weighted by atomic mass is 35.5. The van der Waals surface area contributed by atoms with Crippen molar-refractivity contribution in [3.05, 3.63) is 54.1 Å². The average molecular weight is 341 g/mol. The van der Waals surface area contributed by atoms with Gasteiger partial charge in [0.25, 0.3) is 0 Å². The molecule has 1 N–H and O–H groups in total. The first-order valence-corrected chi connectivity index (χ1v) is 7.42. The van der Waals surface area contributed by atoms with Crippen LogP contribution in [0.15, 0.2) is 24.3 Å². The summed E-state index contributed by atoms with van der Waals surface area (Å²) in [6, 6.07) is 7.14. The number of hydrogen-bond donors (Lipinski definition) is 1. The molecule has 1 unspecified atom stereocenters. The van der Waals surface area contributed by atoms with Crippen LogP contribution >= 0.6 is 57.7 Å². The standard InChI is InChI=1S/C12H9Cl4NS/c1-17-11(8-5-10(15)18-12(8)16)7-3-2-6(13)4-9(7)14/h2-5,11,17H,1H3. The quantitative estimate of drug-likeness (QED) is 0.758. The number of nitrogens with one attached hydrogen (secondary N) is 1. The summed E-state index contributed by atoms with van der Waals surface area (Å²) in [7, 11) is 1.84. The summed E-state index contributed by atoms with van der Waals surface area (Å²) in [5.41, 5.74) is 1.83. The fourth-order valence-electron chi connectivity index (χ4n) is 1.76. The van der Waals surface area contributed by atoms with Crippen molar-refractivity contribution in [1.29, 1.82) is 0 Å². The van der Waals surface area contributed by atoms with Crippen LogP contribution in [-0.2, 0) is 0 Å². The zero-order chi connectivity index (χ0) is 13.3. The van der Waals surface area contributed by atoms with Gasteiger partial charge in [-0.15, -0.1) is 11.3 Å². The van der Waals surface area contributed by atoms with Crippen molar-refractivity contribution in [3.8, 4) is 0 Å². The third-order valence-electron chi connectivity index (χ3n) is 2.56. The maximum absolute atomic E-state index is 6.21. The Morgan fingerprint density at radius 2 is 1.78 bits per heavy atom. The number of hydrogen-bond acceptors (Lipinski definition) is 2. The Labute approximate surface area is 130 Å². The summed E-state index contributed by atoms with van der Waals surface area (Å²) in [5.74, 6) is 0. The van der Waals surface area contributed by atoms with Gasteiger partial charge in [-0.2, -0.15) is 0 Å². The molecule has 1 aromatic carbocycles. The Bertz CT molecular complexity index is 567. The summed E-state index contributed by atoms with van der Waals surface area (Å²) < 4.78 is 1.31. The van der Waals surface area contributed by atoms with Crippen molar-refractivity contribution in [2.24, 2.45) is 0 Å². The van der Waals surface area contributed by atoms with Gasteiger partial charge in [0.15, 0.2) is 0 Å². The molecule has 0 saturated heterocycles. The van der Waals surface area contributed by atoms with E-state index in [9.17, 15) is 0 Å². The molecule has 1 aromatic heterocycles. The molecule has 1 nitrogen and oxygen atoms in total. The molecule has 0 aliphatic carbocycles. The SMILES string of the molecule is CNC(c1ccc(Cl)cc1Cl)c1cc(Cl)sc1Cl. The molecule has 0 amide bonds. The predicted octanol–water partition coefficient (Wildman–Crippen LogP) is 5.67. The van der Waals surface area contributed by atoms with Gasteiger partial charge in [-0.25, -0.2) is 0 Å². The minimum absolute atomic E-state index is 0.106. The van der Waals surface area contributed by atoms with Crippen molar-refractivity contribution in [2.75, 3.05) is 7.05 Å². The first-order valence-electron chi connectivity index (χ1n) is 5.10. The molecule has 1 atom stereocenters. The van der Waals surface area contributed by atoms with Crippen molar-refractivity contribution >= 4 is 57.7 Å². The van der Waals surface area contributed by atoms with Crippen LogP contribution in [0.1, 0.15) is 17.2 Å². The van der Waals surface area contributed by atoms with Gasteiger partial charge in [0.2, 0.25) is 0 Å². The minimum Gasteiger partial charge on any atom is -0.309 e. The van der Waals surface area contributed by atoms with Crippen LogP contribution in [0.5, 0.6) is 0 Å². The van der Waals surface area contributed by atoms with Crippen LogP contribution in [0.25, 0.3) is 0 Å². The van der Waals surface area contributed by atoms with E-state index in [2.05, 4.69) is 5.32 Å². The predicted molar refractivity (Wildman–Crippen MR) is 81.7 cm³/mol. The second kappa shape index (κ2) is 6.00. The normalized spacial score (nSPS) is 12.7. The second-order valence-electron chi connectivity index (χ2n) is 3.67. The molecule has 2 aromatic rings. The van der Waals surface area contributed by atoms with Gasteiger partial charge in [0, 0.05) is 15.6 Å². The Morgan fingerprint density at radius 3 is 2.28 bits per heavy atom. The summed E-state index contributed by atoms with van der Waals surface area (Å²) in [4.78, 5) is 0. The van der Waals surface area contributed by atoms with E-state index in [-0.39, 0.29) is 6.04 Å². The topological polar surface area (TPSA) is 12.0 Å². The molecule has 18 heavy (non-hydrogen) atoms. The summed E-state index contributed by atoms with van der Waals surface area (Å²) in [6.07, 6.45) is 0. The highest BCUT2D eigenvalue weighted by Gasteiger charge is 2.20. The van der Waals surface area contributed by atoms with E-state index in [0.29, 0.717) is 18.7 Å². The third-order valence-corrected chi connectivity index (χ3v) is 4.64. The van der Waals surface area contributed by atoms with E-state index in [1.165, 1.54) is 11.3 Å². The van der Waals surface area contributed by atoms with Gasteiger partial charge < -0.3 is 5.32 Å². The minimum atomic E-state index is -0.106. The smallest absolute Gasteiger partial charge is 0.0995 e.